The molecule has 0 aliphatic heterocycles. The zero-order valence-electron chi connectivity index (χ0n) is 7.52. The van der Waals surface area contributed by atoms with Gasteiger partial charge in [-0.25, -0.2) is 0 Å². The minimum absolute atomic E-state index is 0.0686. The van der Waals surface area contributed by atoms with Crippen LogP contribution in [-0.4, -0.2) is 11.7 Å². The summed E-state index contributed by atoms with van der Waals surface area (Å²) in [5, 5.41) is 8.85. The maximum atomic E-state index is 8.85. The number of allylic oxidation sites excluding steroid dienone is 3. The minimum Gasteiger partial charge on any atom is -0.392 e. The van der Waals surface area contributed by atoms with Crippen LogP contribution in [-0.2, 0) is 0 Å². The van der Waals surface area contributed by atoms with E-state index in [1.165, 1.54) is 5.57 Å². The Balaban J connectivity index is 4.37. The Hall–Kier alpha value is -0.820. The van der Waals surface area contributed by atoms with Gasteiger partial charge in [-0.05, 0) is 26.3 Å². The van der Waals surface area contributed by atoms with Gasteiger partial charge < -0.3 is 5.11 Å². The zero-order chi connectivity index (χ0) is 8.85. The Kier molecular flexibility index (Phi) is 4.55. The monoisotopic (exact) mass is 152 g/mol. The fraction of sp³-hybridized carbons (Fsp3) is 0.400. The summed E-state index contributed by atoms with van der Waals surface area (Å²) in [5.74, 6) is 0. The lowest BCUT2D eigenvalue weighted by Crippen LogP contribution is -1.89. The van der Waals surface area contributed by atoms with Crippen LogP contribution in [0.25, 0.3) is 0 Å². The zero-order valence-corrected chi connectivity index (χ0v) is 7.52. The first-order chi connectivity index (χ1) is 5.07. The molecular weight excluding hydrogens is 136 g/mol. The first-order valence-corrected chi connectivity index (χ1v) is 3.68. The van der Waals surface area contributed by atoms with E-state index in [-0.39, 0.29) is 6.61 Å². The average molecular weight is 152 g/mol. The molecule has 0 rings (SSSR count). The van der Waals surface area contributed by atoms with E-state index >= 15 is 0 Å². The highest BCUT2D eigenvalue weighted by Crippen LogP contribution is 2.06. The van der Waals surface area contributed by atoms with Crippen molar-refractivity contribution in [2.24, 2.45) is 0 Å². The van der Waals surface area contributed by atoms with Crippen LogP contribution in [0, 0.1) is 0 Å². The third kappa shape index (κ3) is 4.57. The van der Waals surface area contributed by atoms with E-state index in [4.69, 9.17) is 5.11 Å². The van der Waals surface area contributed by atoms with Crippen LogP contribution in [0.1, 0.15) is 20.8 Å². The van der Waals surface area contributed by atoms with Crippen molar-refractivity contribution in [3.05, 3.63) is 35.5 Å². The van der Waals surface area contributed by atoms with Crippen LogP contribution in [0.15, 0.2) is 35.5 Å². The molecule has 0 aliphatic carbocycles. The first kappa shape index (κ1) is 10.2. The number of aliphatic hydroxyl groups excluding tert-OH is 1. The standard InChI is InChI=1S/C10H16O/c1-8(2)5-6-10(7-11)9(3)4/h5-6,11H,3,7H2,1-2,4H3. The summed E-state index contributed by atoms with van der Waals surface area (Å²) in [6.07, 6.45) is 3.87. The second-order valence-electron chi connectivity index (χ2n) is 2.87. The lowest BCUT2D eigenvalue weighted by Gasteiger charge is -1.99. The molecule has 1 nitrogen and oxygen atoms in total. The molecule has 1 heteroatoms. The van der Waals surface area contributed by atoms with Crippen molar-refractivity contribution < 1.29 is 5.11 Å². The smallest absolute Gasteiger partial charge is 0.0684 e. The van der Waals surface area contributed by atoms with Crippen molar-refractivity contribution in [3.8, 4) is 0 Å². The Morgan fingerprint density at radius 3 is 2.09 bits per heavy atom. The number of rotatable bonds is 3. The quantitative estimate of drug-likeness (QED) is 0.616. The van der Waals surface area contributed by atoms with Gasteiger partial charge in [0.05, 0.1) is 6.61 Å². The molecule has 0 saturated carbocycles. The molecule has 62 valence electrons. The molecule has 1 N–H and O–H groups in total. The van der Waals surface area contributed by atoms with Crippen LogP contribution < -0.4 is 0 Å². The summed E-state index contributed by atoms with van der Waals surface area (Å²) in [6, 6.07) is 0. The van der Waals surface area contributed by atoms with E-state index in [2.05, 4.69) is 6.58 Å². The van der Waals surface area contributed by atoms with Gasteiger partial charge in [0, 0.05) is 0 Å². The molecule has 11 heavy (non-hydrogen) atoms. The fourth-order valence-electron chi connectivity index (χ4n) is 0.597. The van der Waals surface area contributed by atoms with Crippen molar-refractivity contribution >= 4 is 0 Å². The highest BCUT2D eigenvalue weighted by molar-refractivity contribution is 5.30. The molecule has 0 aromatic heterocycles. The Morgan fingerprint density at radius 1 is 1.27 bits per heavy atom. The van der Waals surface area contributed by atoms with Crippen molar-refractivity contribution in [1.82, 2.24) is 0 Å². The second kappa shape index (κ2) is 4.91. The summed E-state index contributed by atoms with van der Waals surface area (Å²) in [7, 11) is 0. The van der Waals surface area contributed by atoms with Gasteiger partial charge in [0.2, 0.25) is 0 Å². The molecule has 0 atom stereocenters. The van der Waals surface area contributed by atoms with Gasteiger partial charge in [-0.2, -0.15) is 0 Å². The maximum absolute atomic E-state index is 8.85. The summed E-state index contributed by atoms with van der Waals surface area (Å²) in [4.78, 5) is 0. The number of aliphatic hydroxyl groups is 1. The molecule has 0 amide bonds. The predicted octanol–water partition coefficient (Wildman–Crippen LogP) is 2.45. The summed E-state index contributed by atoms with van der Waals surface area (Å²) >= 11 is 0. The Morgan fingerprint density at radius 2 is 1.82 bits per heavy atom. The summed E-state index contributed by atoms with van der Waals surface area (Å²) in [5.41, 5.74) is 3.04. The van der Waals surface area contributed by atoms with Crippen molar-refractivity contribution in [2.45, 2.75) is 20.8 Å². The van der Waals surface area contributed by atoms with E-state index < -0.39 is 0 Å². The second-order valence-corrected chi connectivity index (χ2v) is 2.87. The van der Waals surface area contributed by atoms with Gasteiger partial charge >= 0.3 is 0 Å². The lowest BCUT2D eigenvalue weighted by atomic mass is 10.1. The molecule has 0 aromatic carbocycles. The average Bonchev–Trinajstić information content (AvgIpc) is 1.87. The molecule has 0 bridgehead atoms. The van der Waals surface area contributed by atoms with Crippen LogP contribution in [0.4, 0.5) is 0 Å². The minimum atomic E-state index is 0.0686. The molecule has 0 saturated heterocycles. The van der Waals surface area contributed by atoms with E-state index in [0.29, 0.717) is 0 Å². The molecule has 0 radical (unpaired) electrons. The van der Waals surface area contributed by atoms with Crippen molar-refractivity contribution in [1.29, 1.82) is 0 Å². The van der Waals surface area contributed by atoms with Crippen molar-refractivity contribution in [3.63, 3.8) is 0 Å². The number of hydrogen-bond donors (Lipinski definition) is 1. The first-order valence-electron chi connectivity index (χ1n) is 3.68. The highest BCUT2D eigenvalue weighted by Gasteiger charge is 1.92. The van der Waals surface area contributed by atoms with Gasteiger partial charge in [-0.1, -0.05) is 29.9 Å². The Bertz CT molecular complexity index is 193. The highest BCUT2D eigenvalue weighted by atomic mass is 16.3. The largest absolute Gasteiger partial charge is 0.392 e. The maximum Gasteiger partial charge on any atom is 0.0684 e. The van der Waals surface area contributed by atoms with Gasteiger partial charge in [0.25, 0.3) is 0 Å². The SMILES string of the molecule is C=C(C)C(=CC=C(C)C)CO. The van der Waals surface area contributed by atoms with Gasteiger partial charge in [0.1, 0.15) is 0 Å². The molecule has 0 heterocycles. The van der Waals surface area contributed by atoms with Crippen molar-refractivity contribution in [2.75, 3.05) is 6.61 Å². The molecular formula is C10H16O. The van der Waals surface area contributed by atoms with Crippen LogP contribution in [0.2, 0.25) is 0 Å². The molecule has 0 aliphatic rings. The van der Waals surface area contributed by atoms with E-state index in [9.17, 15) is 0 Å². The van der Waals surface area contributed by atoms with E-state index in [1.807, 2.05) is 32.9 Å². The summed E-state index contributed by atoms with van der Waals surface area (Å²) in [6.45, 7) is 9.74. The molecule has 0 aromatic rings. The van der Waals surface area contributed by atoms with Gasteiger partial charge in [-0.3, -0.25) is 0 Å². The lowest BCUT2D eigenvalue weighted by molar-refractivity contribution is 0.333. The third-order valence-electron chi connectivity index (χ3n) is 1.34. The summed E-state index contributed by atoms with van der Waals surface area (Å²) < 4.78 is 0. The van der Waals surface area contributed by atoms with Gasteiger partial charge in [0.15, 0.2) is 0 Å². The van der Waals surface area contributed by atoms with Crippen LogP contribution >= 0.6 is 0 Å². The van der Waals surface area contributed by atoms with Crippen LogP contribution in [0.3, 0.4) is 0 Å². The van der Waals surface area contributed by atoms with E-state index in [1.54, 1.807) is 0 Å². The molecule has 0 spiro atoms. The third-order valence-corrected chi connectivity index (χ3v) is 1.34. The molecule has 0 unspecified atom stereocenters. The normalized spacial score (nSPS) is 11.1. The predicted molar refractivity (Wildman–Crippen MR) is 49.4 cm³/mol. The van der Waals surface area contributed by atoms with Gasteiger partial charge in [-0.15, -0.1) is 0 Å². The Labute approximate surface area is 68.7 Å². The molecule has 0 fully saturated rings. The van der Waals surface area contributed by atoms with Crippen LogP contribution in [0.5, 0.6) is 0 Å². The number of hydrogen-bond acceptors (Lipinski definition) is 1. The topological polar surface area (TPSA) is 20.2 Å². The fourth-order valence-corrected chi connectivity index (χ4v) is 0.597. The van der Waals surface area contributed by atoms with E-state index in [0.717, 1.165) is 11.1 Å².